The molecule has 0 radical (unpaired) electrons. The van der Waals surface area contributed by atoms with Crippen LogP contribution < -0.4 is 0 Å². The molecule has 0 bridgehead atoms. The van der Waals surface area contributed by atoms with E-state index < -0.39 is 0 Å². The number of benzene rings is 1. The zero-order chi connectivity index (χ0) is 13.1. The van der Waals surface area contributed by atoms with Crippen LogP contribution in [-0.4, -0.2) is 22.8 Å². The molecule has 94 valence electrons. The van der Waals surface area contributed by atoms with Gasteiger partial charge in [0.15, 0.2) is 0 Å². The van der Waals surface area contributed by atoms with Crippen LogP contribution in [0, 0.1) is 0 Å². The van der Waals surface area contributed by atoms with E-state index in [4.69, 9.17) is 0 Å². The third-order valence-electron chi connectivity index (χ3n) is 2.39. The van der Waals surface area contributed by atoms with Crippen LogP contribution in [0.5, 0.6) is 0 Å². The molecular weight excluding hydrogens is 380 g/mol. The molecule has 2 rings (SSSR count). The Labute approximate surface area is 126 Å². The highest BCUT2D eigenvalue weighted by atomic mass is 79.9. The van der Waals surface area contributed by atoms with Crippen molar-refractivity contribution < 1.29 is 4.79 Å². The van der Waals surface area contributed by atoms with Crippen LogP contribution in [0.1, 0.15) is 16.1 Å². The predicted octanol–water partition coefficient (Wildman–Crippen LogP) is 3.94. The highest BCUT2D eigenvalue weighted by Gasteiger charge is 2.16. The molecular formula is C12H10Br2N2OS. The number of halogens is 2. The maximum absolute atomic E-state index is 12.3. The minimum atomic E-state index is -0.0313. The lowest BCUT2D eigenvalue weighted by Gasteiger charge is -2.17. The molecule has 0 spiro atoms. The number of nitrogens with zero attached hydrogens (tertiary/aromatic N) is 2. The van der Waals surface area contributed by atoms with Crippen LogP contribution in [0.3, 0.4) is 0 Å². The van der Waals surface area contributed by atoms with E-state index in [0.717, 1.165) is 14.6 Å². The molecule has 1 aromatic heterocycles. The molecule has 0 fully saturated rings. The molecule has 18 heavy (non-hydrogen) atoms. The van der Waals surface area contributed by atoms with Gasteiger partial charge in [-0.1, -0.05) is 15.9 Å². The number of carbonyl (C=O) groups is 1. The zero-order valence-corrected chi connectivity index (χ0v) is 13.5. The molecule has 1 aromatic carbocycles. The minimum Gasteiger partial charge on any atom is -0.336 e. The molecule has 0 aliphatic rings. The Morgan fingerprint density at radius 1 is 1.44 bits per heavy atom. The quantitative estimate of drug-likeness (QED) is 0.796. The van der Waals surface area contributed by atoms with Crippen molar-refractivity contribution in [1.82, 2.24) is 9.88 Å². The smallest absolute Gasteiger partial charge is 0.255 e. The summed E-state index contributed by atoms with van der Waals surface area (Å²) in [6, 6.07) is 5.55. The van der Waals surface area contributed by atoms with Crippen molar-refractivity contribution in [3.05, 3.63) is 49.3 Å². The standard InChI is InChI=1S/C12H10Br2N2OS/c1-16(5-9-6-18-7-15-9)12(17)10-4-8(13)2-3-11(10)14/h2-4,6-7H,5H2,1H3. The summed E-state index contributed by atoms with van der Waals surface area (Å²) in [5, 5.41) is 1.94. The van der Waals surface area contributed by atoms with E-state index in [9.17, 15) is 4.79 Å². The number of hydrogen-bond acceptors (Lipinski definition) is 3. The van der Waals surface area contributed by atoms with Crippen LogP contribution in [0.4, 0.5) is 0 Å². The third kappa shape index (κ3) is 3.18. The summed E-state index contributed by atoms with van der Waals surface area (Å²) < 4.78 is 1.68. The summed E-state index contributed by atoms with van der Waals surface area (Å²) in [5.41, 5.74) is 3.31. The van der Waals surface area contributed by atoms with Gasteiger partial charge >= 0.3 is 0 Å². The molecule has 3 nitrogen and oxygen atoms in total. The molecule has 0 N–H and O–H groups in total. The second-order valence-corrected chi connectivity index (χ2v) is 6.25. The van der Waals surface area contributed by atoms with E-state index >= 15 is 0 Å². The van der Waals surface area contributed by atoms with E-state index in [0.29, 0.717) is 12.1 Å². The molecule has 1 heterocycles. The number of rotatable bonds is 3. The highest BCUT2D eigenvalue weighted by Crippen LogP contribution is 2.23. The van der Waals surface area contributed by atoms with Crippen molar-refractivity contribution >= 4 is 49.1 Å². The lowest BCUT2D eigenvalue weighted by Crippen LogP contribution is -2.26. The summed E-state index contributed by atoms with van der Waals surface area (Å²) in [7, 11) is 1.77. The van der Waals surface area contributed by atoms with Crippen LogP contribution in [0.15, 0.2) is 38.0 Å². The summed E-state index contributed by atoms with van der Waals surface area (Å²) in [5.74, 6) is -0.0313. The first kappa shape index (κ1) is 13.7. The number of thiazole rings is 1. The van der Waals surface area contributed by atoms with Gasteiger partial charge in [0.1, 0.15) is 0 Å². The largest absolute Gasteiger partial charge is 0.336 e. The lowest BCUT2D eigenvalue weighted by molar-refractivity contribution is 0.0782. The molecule has 0 unspecified atom stereocenters. The monoisotopic (exact) mass is 388 g/mol. The Bertz CT molecular complexity index is 557. The molecule has 2 aromatic rings. The van der Waals surface area contributed by atoms with Gasteiger partial charge in [-0.05, 0) is 34.1 Å². The van der Waals surface area contributed by atoms with Crippen molar-refractivity contribution in [2.75, 3.05) is 7.05 Å². The Kier molecular flexibility index (Phi) is 4.53. The molecule has 6 heteroatoms. The normalized spacial score (nSPS) is 10.4. The average molecular weight is 390 g/mol. The third-order valence-corrected chi connectivity index (χ3v) is 4.21. The summed E-state index contributed by atoms with van der Waals surface area (Å²) in [4.78, 5) is 18.1. The molecule has 0 aliphatic heterocycles. The number of amides is 1. The average Bonchev–Trinajstić information content (AvgIpc) is 2.84. The summed E-state index contributed by atoms with van der Waals surface area (Å²) in [6.07, 6.45) is 0. The van der Waals surface area contributed by atoms with E-state index in [1.807, 2.05) is 23.6 Å². The predicted molar refractivity (Wildman–Crippen MR) is 79.8 cm³/mol. The van der Waals surface area contributed by atoms with Crippen LogP contribution in [0.2, 0.25) is 0 Å². The molecule has 0 atom stereocenters. The number of carbonyl (C=O) groups excluding carboxylic acids is 1. The fourth-order valence-corrected chi connectivity index (χ4v) is 2.82. The Morgan fingerprint density at radius 3 is 2.89 bits per heavy atom. The fraction of sp³-hybridized carbons (Fsp3) is 0.167. The van der Waals surface area contributed by atoms with Crippen LogP contribution >= 0.6 is 43.2 Å². The molecule has 0 aliphatic carbocycles. The van der Waals surface area contributed by atoms with Crippen molar-refractivity contribution in [2.45, 2.75) is 6.54 Å². The maximum Gasteiger partial charge on any atom is 0.255 e. The van der Waals surface area contributed by atoms with Crippen LogP contribution in [0.25, 0.3) is 0 Å². The Hall–Kier alpha value is -0.720. The van der Waals surface area contributed by atoms with E-state index in [2.05, 4.69) is 36.8 Å². The molecule has 0 saturated carbocycles. The van der Waals surface area contributed by atoms with Gasteiger partial charge in [0.05, 0.1) is 23.3 Å². The van der Waals surface area contributed by atoms with Gasteiger partial charge in [0, 0.05) is 21.4 Å². The van der Waals surface area contributed by atoms with Gasteiger partial charge < -0.3 is 4.90 Å². The topological polar surface area (TPSA) is 33.2 Å². The second-order valence-electron chi connectivity index (χ2n) is 3.77. The minimum absolute atomic E-state index is 0.0313. The zero-order valence-electron chi connectivity index (χ0n) is 9.56. The van der Waals surface area contributed by atoms with Gasteiger partial charge in [0.25, 0.3) is 5.91 Å². The second kappa shape index (κ2) is 5.95. The first-order chi connectivity index (χ1) is 8.58. The van der Waals surface area contributed by atoms with Gasteiger partial charge in [0.2, 0.25) is 0 Å². The van der Waals surface area contributed by atoms with Crippen molar-refractivity contribution in [2.24, 2.45) is 0 Å². The lowest BCUT2D eigenvalue weighted by atomic mass is 10.2. The summed E-state index contributed by atoms with van der Waals surface area (Å²) in [6.45, 7) is 0.515. The first-order valence-electron chi connectivity index (χ1n) is 5.15. The summed E-state index contributed by atoms with van der Waals surface area (Å²) >= 11 is 8.30. The van der Waals surface area contributed by atoms with Gasteiger partial charge in [-0.2, -0.15) is 0 Å². The van der Waals surface area contributed by atoms with E-state index in [1.54, 1.807) is 17.5 Å². The fourth-order valence-electron chi connectivity index (χ4n) is 1.50. The van der Waals surface area contributed by atoms with Crippen molar-refractivity contribution in [1.29, 1.82) is 0 Å². The van der Waals surface area contributed by atoms with Gasteiger partial charge in [-0.3, -0.25) is 4.79 Å². The van der Waals surface area contributed by atoms with Crippen molar-refractivity contribution in [3.63, 3.8) is 0 Å². The SMILES string of the molecule is CN(Cc1cscn1)C(=O)c1cc(Br)ccc1Br. The highest BCUT2D eigenvalue weighted by molar-refractivity contribution is 9.11. The van der Waals surface area contributed by atoms with E-state index in [-0.39, 0.29) is 5.91 Å². The van der Waals surface area contributed by atoms with Crippen molar-refractivity contribution in [3.8, 4) is 0 Å². The molecule has 1 amide bonds. The van der Waals surface area contributed by atoms with E-state index in [1.165, 1.54) is 11.3 Å². The first-order valence-corrected chi connectivity index (χ1v) is 7.68. The Morgan fingerprint density at radius 2 is 2.22 bits per heavy atom. The maximum atomic E-state index is 12.3. The number of hydrogen-bond donors (Lipinski definition) is 0. The van der Waals surface area contributed by atoms with Crippen LogP contribution in [-0.2, 0) is 6.54 Å². The van der Waals surface area contributed by atoms with Gasteiger partial charge in [-0.15, -0.1) is 11.3 Å². The Balaban J connectivity index is 2.17. The van der Waals surface area contributed by atoms with Gasteiger partial charge in [-0.25, -0.2) is 4.98 Å². The number of aromatic nitrogens is 1. The molecule has 0 saturated heterocycles.